The van der Waals surface area contributed by atoms with E-state index in [2.05, 4.69) is 26.5 Å². The minimum atomic E-state index is -0.200. The Labute approximate surface area is 170 Å². The molecular formula is C23H23N5O. The molecule has 0 amide bonds. The summed E-state index contributed by atoms with van der Waals surface area (Å²) < 4.78 is 0. The van der Waals surface area contributed by atoms with Gasteiger partial charge in [-0.1, -0.05) is 18.1 Å². The van der Waals surface area contributed by atoms with Crippen LogP contribution in [0.1, 0.15) is 31.2 Å². The molecule has 0 spiro atoms. The summed E-state index contributed by atoms with van der Waals surface area (Å²) in [5.74, 6) is 3.85. The molecule has 1 saturated carbocycles. The minimum Gasteiger partial charge on any atom is -0.393 e. The maximum absolute atomic E-state index is 9.79. The second-order valence-electron chi connectivity index (χ2n) is 7.17. The van der Waals surface area contributed by atoms with Gasteiger partial charge in [0, 0.05) is 29.7 Å². The van der Waals surface area contributed by atoms with Gasteiger partial charge in [0.15, 0.2) is 0 Å². The highest BCUT2D eigenvalue weighted by Gasteiger charge is 2.21. The van der Waals surface area contributed by atoms with Gasteiger partial charge in [-0.2, -0.15) is 4.98 Å². The van der Waals surface area contributed by atoms with Gasteiger partial charge in [0.1, 0.15) is 5.82 Å². The van der Waals surface area contributed by atoms with Crippen LogP contribution in [0.25, 0.3) is 11.3 Å². The maximum atomic E-state index is 9.79. The molecule has 1 aliphatic rings. The average molecular weight is 385 g/mol. The molecule has 0 aliphatic heterocycles. The Hall–Kier alpha value is -3.43. The van der Waals surface area contributed by atoms with E-state index in [1.54, 1.807) is 12.4 Å². The van der Waals surface area contributed by atoms with Crippen molar-refractivity contribution < 1.29 is 5.11 Å². The van der Waals surface area contributed by atoms with Crippen LogP contribution in [0.4, 0.5) is 17.5 Å². The first-order valence-corrected chi connectivity index (χ1v) is 9.78. The number of nitrogens with one attached hydrogen (secondary N) is 2. The van der Waals surface area contributed by atoms with E-state index < -0.39 is 0 Å². The van der Waals surface area contributed by atoms with Crippen molar-refractivity contribution in [3.8, 4) is 23.6 Å². The second kappa shape index (κ2) is 8.72. The zero-order valence-electron chi connectivity index (χ0n) is 16.0. The van der Waals surface area contributed by atoms with Gasteiger partial charge in [-0.3, -0.25) is 4.98 Å². The van der Waals surface area contributed by atoms with E-state index in [0.29, 0.717) is 5.95 Å². The maximum Gasteiger partial charge on any atom is 0.229 e. The van der Waals surface area contributed by atoms with E-state index in [1.807, 2.05) is 42.5 Å². The molecule has 1 fully saturated rings. The number of anilines is 3. The molecule has 0 bridgehead atoms. The van der Waals surface area contributed by atoms with Crippen LogP contribution in [0.3, 0.4) is 0 Å². The zero-order valence-corrected chi connectivity index (χ0v) is 16.0. The summed E-state index contributed by atoms with van der Waals surface area (Å²) in [6.07, 6.45) is 12.2. The normalized spacial score (nSPS) is 18.6. The fourth-order valence-corrected chi connectivity index (χ4v) is 3.49. The quantitative estimate of drug-likeness (QED) is 0.576. The first-order chi connectivity index (χ1) is 14.2. The summed E-state index contributed by atoms with van der Waals surface area (Å²) in [6.45, 7) is 0. The molecule has 3 N–H and O–H groups in total. The summed E-state index contributed by atoms with van der Waals surface area (Å²) in [5, 5.41) is 16.6. The number of aromatic nitrogens is 3. The Morgan fingerprint density at radius 2 is 1.90 bits per heavy atom. The standard InChI is InChI=1S/C23H23N5O/c1-2-16-6-5-7-18(14-16)27-23-25-15-20(21-8-3-4-13-24-21)22(28-23)26-17-9-11-19(29)12-10-17/h1,3-8,13-15,17,19,29H,9-12H2,(H2,25,26,27,28)/t17-,19-. The molecule has 1 aromatic carbocycles. The first kappa shape index (κ1) is 18.9. The van der Waals surface area contributed by atoms with Crippen molar-refractivity contribution in [1.82, 2.24) is 15.0 Å². The van der Waals surface area contributed by atoms with Gasteiger partial charge in [-0.05, 0) is 56.0 Å². The van der Waals surface area contributed by atoms with Gasteiger partial charge in [-0.25, -0.2) is 4.98 Å². The molecule has 2 heterocycles. The van der Waals surface area contributed by atoms with Gasteiger partial charge >= 0.3 is 0 Å². The molecule has 6 heteroatoms. The number of rotatable bonds is 5. The van der Waals surface area contributed by atoms with Gasteiger partial charge < -0.3 is 15.7 Å². The van der Waals surface area contributed by atoms with E-state index in [1.165, 1.54) is 0 Å². The van der Waals surface area contributed by atoms with Crippen LogP contribution in [0.15, 0.2) is 54.9 Å². The number of pyridine rings is 1. The lowest BCUT2D eigenvalue weighted by molar-refractivity contribution is 0.126. The predicted molar refractivity (Wildman–Crippen MR) is 115 cm³/mol. The van der Waals surface area contributed by atoms with Crippen LogP contribution in [-0.4, -0.2) is 32.2 Å². The van der Waals surface area contributed by atoms with Crippen molar-refractivity contribution >= 4 is 17.5 Å². The average Bonchev–Trinajstić information content (AvgIpc) is 2.76. The molecule has 1 aliphatic carbocycles. The molecule has 0 radical (unpaired) electrons. The summed E-state index contributed by atoms with van der Waals surface area (Å²) in [5.41, 5.74) is 3.28. The third-order valence-electron chi connectivity index (χ3n) is 5.05. The largest absolute Gasteiger partial charge is 0.393 e. The highest BCUT2D eigenvalue weighted by atomic mass is 16.3. The first-order valence-electron chi connectivity index (χ1n) is 9.78. The van der Waals surface area contributed by atoms with E-state index >= 15 is 0 Å². The number of benzene rings is 1. The highest BCUT2D eigenvalue weighted by molar-refractivity contribution is 5.73. The molecule has 2 aromatic heterocycles. The van der Waals surface area contributed by atoms with E-state index in [9.17, 15) is 5.11 Å². The number of terminal acetylenes is 1. The van der Waals surface area contributed by atoms with Crippen molar-refractivity contribution in [1.29, 1.82) is 0 Å². The summed E-state index contributed by atoms with van der Waals surface area (Å²) in [6, 6.07) is 13.6. The predicted octanol–water partition coefficient (Wildman–Crippen LogP) is 3.98. The van der Waals surface area contributed by atoms with Crippen molar-refractivity contribution in [3.63, 3.8) is 0 Å². The minimum absolute atomic E-state index is 0.200. The summed E-state index contributed by atoms with van der Waals surface area (Å²) in [7, 11) is 0. The fraction of sp³-hybridized carbons (Fsp3) is 0.261. The third-order valence-corrected chi connectivity index (χ3v) is 5.05. The topological polar surface area (TPSA) is 83.0 Å². The Bertz CT molecular complexity index is 1010. The van der Waals surface area contributed by atoms with Crippen molar-refractivity contribution in [2.75, 3.05) is 10.6 Å². The van der Waals surface area contributed by atoms with Crippen LogP contribution in [0, 0.1) is 12.3 Å². The van der Waals surface area contributed by atoms with Crippen molar-refractivity contribution in [2.24, 2.45) is 0 Å². The third kappa shape index (κ3) is 4.71. The van der Waals surface area contributed by atoms with Crippen LogP contribution in [0.5, 0.6) is 0 Å². The molecule has 3 aromatic rings. The van der Waals surface area contributed by atoms with Crippen molar-refractivity contribution in [3.05, 3.63) is 60.4 Å². The molecule has 4 rings (SSSR count). The lowest BCUT2D eigenvalue weighted by Gasteiger charge is -2.27. The summed E-state index contributed by atoms with van der Waals surface area (Å²) in [4.78, 5) is 13.7. The molecule has 0 saturated heterocycles. The number of hydrogen-bond acceptors (Lipinski definition) is 6. The number of aliphatic hydroxyl groups is 1. The molecule has 146 valence electrons. The number of nitrogens with zero attached hydrogens (tertiary/aromatic N) is 3. The van der Waals surface area contributed by atoms with Crippen molar-refractivity contribution in [2.45, 2.75) is 37.8 Å². The lowest BCUT2D eigenvalue weighted by atomic mass is 9.93. The van der Waals surface area contributed by atoms with Gasteiger partial charge in [-0.15, -0.1) is 6.42 Å². The van der Waals surface area contributed by atoms with Crippen LogP contribution in [0.2, 0.25) is 0 Å². The van der Waals surface area contributed by atoms with E-state index in [-0.39, 0.29) is 12.1 Å². The lowest BCUT2D eigenvalue weighted by Crippen LogP contribution is -2.29. The Morgan fingerprint density at radius 1 is 1.03 bits per heavy atom. The SMILES string of the molecule is C#Cc1cccc(Nc2ncc(-c3ccccn3)c(N[C@H]3CC[C@H](O)CC3)n2)c1. The van der Waals surface area contributed by atoms with Gasteiger partial charge in [0.2, 0.25) is 5.95 Å². The van der Waals surface area contributed by atoms with Crippen LogP contribution >= 0.6 is 0 Å². The van der Waals surface area contributed by atoms with E-state index in [4.69, 9.17) is 11.4 Å². The Balaban J connectivity index is 1.63. The smallest absolute Gasteiger partial charge is 0.229 e. The molecular weight excluding hydrogens is 362 g/mol. The molecule has 0 atom stereocenters. The number of hydrogen-bond donors (Lipinski definition) is 3. The highest BCUT2D eigenvalue weighted by Crippen LogP contribution is 2.29. The summed E-state index contributed by atoms with van der Waals surface area (Å²) >= 11 is 0. The van der Waals surface area contributed by atoms with E-state index in [0.717, 1.165) is 54.0 Å². The van der Waals surface area contributed by atoms with Crippen LogP contribution < -0.4 is 10.6 Å². The van der Waals surface area contributed by atoms with Gasteiger partial charge in [0.25, 0.3) is 0 Å². The monoisotopic (exact) mass is 385 g/mol. The second-order valence-corrected chi connectivity index (χ2v) is 7.17. The Kier molecular flexibility index (Phi) is 5.68. The molecule has 0 unspecified atom stereocenters. The molecule has 29 heavy (non-hydrogen) atoms. The van der Waals surface area contributed by atoms with Crippen LogP contribution in [-0.2, 0) is 0 Å². The van der Waals surface area contributed by atoms with Gasteiger partial charge in [0.05, 0.1) is 17.4 Å². The Morgan fingerprint density at radius 3 is 2.66 bits per heavy atom. The number of aliphatic hydroxyl groups excluding tert-OH is 1. The molecule has 6 nitrogen and oxygen atoms in total. The fourth-order valence-electron chi connectivity index (χ4n) is 3.49. The zero-order chi connectivity index (χ0) is 20.1.